The summed E-state index contributed by atoms with van der Waals surface area (Å²) in [5.41, 5.74) is 0.583. The molecule has 0 nitrogen and oxygen atoms in total. The van der Waals surface area contributed by atoms with Crippen LogP contribution in [0.1, 0.15) is 74.1 Å². The van der Waals surface area contributed by atoms with Crippen LogP contribution in [0.2, 0.25) is 0 Å². The van der Waals surface area contributed by atoms with E-state index in [0.29, 0.717) is 5.41 Å². The van der Waals surface area contributed by atoms with Crippen LogP contribution in [0.15, 0.2) is 0 Å². The van der Waals surface area contributed by atoms with E-state index in [1.54, 1.807) is 0 Å². The van der Waals surface area contributed by atoms with E-state index in [4.69, 9.17) is 0 Å². The number of rotatable bonds is 4. The predicted octanol–water partition coefficient (Wildman–Crippen LogP) is 5.28. The van der Waals surface area contributed by atoms with Crippen molar-refractivity contribution in [1.82, 2.24) is 0 Å². The third kappa shape index (κ3) is 12.0. The highest BCUT2D eigenvalue weighted by atomic mass is 14.1. The molecule has 0 unspecified atom stereocenters. The first-order valence-electron chi connectivity index (χ1n) is 5.93. The largest absolute Gasteiger partial charge is 0.0651 e. The molecule has 0 bridgehead atoms. The van der Waals surface area contributed by atoms with Crippen LogP contribution in [0.25, 0.3) is 0 Å². The molecule has 0 N–H and O–H groups in total. The average molecular weight is 186 g/mol. The Bertz CT molecular complexity index is 82.2. The van der Waals surface area contributed by atoms with Gasteiger partial charge in [-0.25, -0.2) is 0 Å². The van der Waals surface area contributed by atoms with Crippen molar-refractivity contribution in [2.45, 2.75) is 74.1 Å². The Morgan fingerprint density at radius 2 is 1.15 bits per heavy atom. The SMILES string of the molecule is CCC(C)(C)CC.CCC(C)CC. The summed E-state index contributed by atoms with van der Waals surface area (Å²) >= 11 is 0. The Kier molecular flexibility index (Phi) is 10.2. The van der Waals surface area contributed by atoms with Crippen molar-refractivity contribution in [1.29, 1.82) is 0 Å². The summed E-state index contributed by atoms with van der Waals surface area (Å²) in [4.78, 5) is 0. The molecule has 0 aromatic heterocycles. The fourth-order valence-corrected chi connectivity index (χ4v) is 0.539. The molecule has 0 spiro atoms. The van der Waals surface area contributed by atoms with E-state index in [2.05, 4.69) is 48.5 Å². The standard InChI is InChI=1S/C7H16.C6H14/c1-5-7(3,4)6-2;1-4-6(3)5-2/h5-6H2,1-4H3;6H,4-5H2,1-3H3. The fraction of sp³-hybridized carbons (Fsp3) is 1.00. The van der Waals surface area contributed by atoms with Crippen LogP contribution in [0, 0.1) is 11.3 Å². The van der Waals surface area contributed by atoms with Gasteiger partial charge in [-0.15, -0.1) is 0 Å². The fourth-order valence-electron chi connectivity index (χ4n) is 0.539. The molecule has 0 fully saturated rings. The normalized spacial score (nSPS) is 11.1. The molecule has 0 aliphatic heterocycles. The predicted molar refractivity (Wildman–Crippen MR) is 64.1 cm³/mol. The lowest BCUT2D eigenvalue weighted by Gasteiger charge is -2.18. The van der Waals surface area contributed by atoms with Crippen LogP contribution in [-0.2, 0) is 0 Å². The maximum Gasteiger partial charge on any atom is -0.0359 e. The highest BCUT2D eigenvalue weighted by Crippen LogP contribution is 2.22. The van der Waals surface area contributed by atoms with E-state index < -0.39 is 0 Å². The molecular formula is C13H30. The Balaban J connectivity index is 0. The molecule has 0 atom stereocenters. The van der Waals surface area contributed by atoms with Gasteiger partial charge in [0.1, 0.15) is 0 Å². The Hall–Kier alpha value is 0. The first-order valence-corrected chi connectivity index (χ1v) is 5.93. The molecule has 0 amide bonds. The average Bonchev–Trinajstić information content (AvgIpc) is 2.17. The van der Waals surface area contributed by atoms with E-state index in [-0.39, 0.29) is 0 Å². The molecule has 0 saturated carbocycles. The van der Waals surface area contributed by atoms with E-state index in [9.17, 15) is 0 Å². The van der Waals surface area contributed by atoms with Crippen molar-refractivity contribution < 1.29 is 0 Å². The summed E-state index contributed by atoms with van der Waals surface area (Å²) in [7, 11) is 0. The van der Waals surface area contributed by atoms with Gasteiger partial charge in [-0.3, -0.25) is 0 Å². The summed E-state index contributed by atoms with van der Waals surface area (Å²) in [6.07, 6.45) is 5.25. The summed E-state index contributed by atoms with van der Waals surface area (Å²) in [5.74, 6) is 0.935. The Morgan fingerprint density at radius 3 is 1.15 bits per heavy atom. The number of hydrogen-bond donors (Lipinski definition) is 0. The first kappa shape index (κ1) is 15.5. The summed E-state index contributed by atoms with van der Waals surface area (Å²) < 4.78 is 0. The lowest BCUT2D eigenvalue weighted by atomic mass is 9.88. The molecule has 0 radical (unpaired) electrons. The van der Waals surface area contributed by atoms with Gasteiger partial charge in [-0.1, -0.05) is 74.1 Å². The minimum Gasteiger partial charge on any atom is -0.0651 e. The lowest BCUT2D eigenvalue weighted by Crippen LogP contribution is -2.05. The topological polar surface area (TPSA) is 0 Å². The summed E-state index contributed by atoms with van der Waals surface area (Å²) in [6.45, 7) is 15.8. The zero-order valence-corrected chi connectivity index (χ0v) is 10.9. The second-order valence-corrected chi connectivity index (χ2v) is 4.79. The maximum absolute atomic E-state index is 2.30. The van der Waals surface area contributed by atoms with Gasteiger partial charge in [0.2, 0.25) is 0 Å². The summed E-state index contributed by atoms with van der Waals surface area (Å²) in [6, 6.07) is 0. The van der Waals surface area contributed by atoms with Crippen molar-refractivity contribution >= 4 is 0 Å². The molecule has 0 heteroatoms. The Morgan fingerprint density at radius 1 is 0.846 bits per heavy atom. The van der Waals surface area contributed by atoms with Gasteiger partial charge in [-0.2, -0.15) is 0 Å². The van der Waals surface area contributed by atoms with Crippen molar-refractivity contribution in [3.8, 4) is 0 Å². The third-order valence-corrected chi connectivity index (χ3v) is 3.31. The molecule has 0 aromatic rings. The van der Waals surface area contributed by atoms with E-state index >= 15 is 0 Å². The second-order valence-electron chi connectivity index (χ2n) is 4.79. The summed E-state index contributed by atoms with van der Waals surface area (Å²) in [5, 5.41) is 0. The van der Waals surface area contributed by atoms with Gasteiger partial charge in [-0.05, 0) is 11.3 Å². The van der Waals surface area contributed by atoms with E-state index in [0.717, 1.165) is 5.92 Å². The Labute approximate surface area is 86.1 Å². The molecule has 13 heavy (non-hydrogen) atoms. The molecule has 0 aliphatic carbocycles. The highest BCUT2D eigenvalue weighted by Gasteiger charge is 2.09. The van der Waals surface area contributed by atoms with Gasteiger partial charge in [0.05, 0.1) is 0 Å². The maximum atomic E-state index is 2.30. The van der Waals surface area contributed by atoms with Gasteiger partial charge < -0.3 is 0 Å². The van der Waals surface area contributed by atoms with Gasteiger partial charge in [0.25, 0.3) is 0 Å². The van der Waals surface area contributed by atoms with E-state index in [1.165, 1.54) is 25.7 Å². The van der Waals surface area contributed by atoms with Crippen molar-refractivity contribution in [3.05, 3.63) is 0 Å². The molecule has 0 aliphatic rings. The number of hydrogen-bond acceptors (Lipinski definition) is 0. The molecule has 82 valence electrons. The molecule has 0 rings (SSSR count). The van der Waals surface area contributed by atoms with E-state index in [1.807, 2.05) is 0 Å². The minimum atomic E-state index is 0.583. The quantitative estimate of drug-likeness (QED) is 0.560. The van der Waals surface area contributed by atoms with Gasteiger partial charge in [0.15, 0.2) is 0 Å². The smallest absolute Gasteiger partial charge is 0.0359 e. The third-order valence-electron chi connectivity index (χ3n) is 3.31. The zero-order valence-electron chi connectivity index (χ0n) is 10.9. The van der Waals surface area contributed by atoms with Crippen LogP contribution in [0.4, 0.5) is 0 Å². The van der Waals surface area contributed by atoms with Crippen LogP contribution < -0.4 is 0 Å². The van der Waals surface area contributed by atoms with Crippen LogP contribution >= 0.6 is 0 Å². The molecular weight excluding hydrogens is 156 g/mol. The van der Waals surface area contributed by atoms with Crippen LogP contribution in [-0.4, -0.2) is 0 Å². The van der Waals surface area contributed by atoms with Crippen LogP contribution in [0.3, 0.4) is 0 Å². The molecule has 0 saturated heterocycles. The molecule has 0 heterocycles. The molecule has 0 aromatic carbocycles. The van der Waals surface area contributed by atoms with Crippen molar-refractivity contribution in [2.75, 3.05) is 0 Å². The minimum absolute atomic E-state index is 0.583. The van der Waals surface area contributed by atoms with Gasteiger partial charge in [0, 0.05) is 0 Å². The lowest BCUT2D eigenvalue weighted by molar-refractivity contribution is 0.338. The van der Waals surface area contributed by atoms with Crippen molar-refractivity contribution in [3.63, 3.8) is 0 Å². The van der Waals surface area contributed by atoms with Crippen molar-refractivity contribution in [2.24, 2.45) is 11.3 Å². The second kappa shape index (κ2) is 8.59. The van der Waals surface area contributed by atoms with Gasteiger partial charge >= 0.3 is 0 Å². The first-order chi connectivity index (χ1) is 5.93. The van der Waals surface area contributed by atoms with Crippen LogP contribution in [0.5, 0.6) is 0 Å². The highest BCUT2D eigenvalue weighted by molar-refractivity contribution is 4.61. The monoisotopic (exact) mass is 186 g/mol. The zero-order chi connectivity index (χ0) is 10.9.